The summed E-state index contributed by atoms with van der Waals surface area (Å²) in [7, 11) is 0. The fraction of sp³-hybridized carbons (Fsp3) is 0.429. The molecule has 0 aliphatic heterocycles. The lowest BCUT2D eigenvalue weighted by Gasteiger charge is -2.05. The zero-order chi connectivity index (χ0) is 12.5. The van der Waals surface area contributed by atoms with E-state index in [0.717, 1.165) is 18.2 Å². The van der Waals surface area contributed by atoms with Crippen molar-refractivity contribution in [2.24, 2.45) is 0 Å². The van der Waals surface area contributed by atoms with E-state index in [0.29, 0.717) is 17.7 Å². The number of aromatic nitrogens is 3. The molecular formula is C14H16ClN3. The first-order chi connectivity index (χ1) is 8.85. The zero-order valence-electron chi connectivity index (χ0n) is 10.4. The highest BCUT2D eigenvalue weighted by Gasteiger charge is 2.43. The Morgan fingerprint density at radius 2 is 2.00 bits per heavy atom. The summed E-state index contributed by atoms with van der Waals surface area (Å²) in [6, 6.07) is 10.6. The molecule has 1 aliphatic carbocycles. The smallest absolute Gasteiger partial charge is 0.147 e. The van der Waals surface area contributed by atoms with Crippen molar-refractivity contribution < 1.29 is 0 Å². The maximum Gasteiger partial charge on any atom is 0.147 e. The minimum atomic E-state index is 0.434. The Hall–Kier alpha value is -1.35. The van der Waals surface area contributed by atoms with Gasteiger partial charge in [-0.3, -0.25) is 0 Å². The summed E-state index contributed by atoms with van der Waals surface area (Å²) in [4.78, 5) is 0. The largest absolute Gasteiger partial charge is 0.314 e. The molecule has 1 fully saturated rings. The number of halogens is 1. The lowest BCUT2D eigenvalue weighted by molar-refractivity contribution is 0.672. The van der Waals surface area contributed by atoms with Crippen LogP contribution in [0.2, 0.25) is 0 Å². The van der Waals surface area contributed by atoms with Gasteiger partial charge in [0.1, 0.15) is 11.6 Å². The van der Waals surface area contributed by atoms with E-state index in [2.05, 4.69) is 52.0 Å². The molecule has 0 spiro atoms. The van der Waals surface area contributed by atoms with Crippen LogP contribution in [0, 0.1) is 0 Å². The zero-order valence-corrected chi connectivity index (χ0v) is 11.1. The summed E-state index contributed by atoms with van der Waals surface area (Å²) in [5.74, 6) is 3.53. The molecule has 0 bridgehead atoms. The van der Waals surface area contributed by atoms with Crippen LogP contribution in [0.15, 0.2) is 30.3 Å². The number of hydrogen-bond acceptors (Lipinski definition) is 2. The Balaban J connectivity index is 1.84. The SMILES string of the molecule is CCn1c(CCl)nnc1C1CC1c1ccccc1. The number of alkyl halides is 1. The Labute approximate surface area is 112 Å². The second kappa shape index (κ2) is 4.73. The van der Waals surface area contributed by atoms with Crippen molar-refractivity contribution >= 4 is 11.6 Å². The third-order valence-electron chi connectivity index (χ3n) is 3.64. The van der Waals surface area contributed by atoms with Gasteiger partial charge in [0.25, 0.3) is 0 Å². The Morgan fingerprint density at radius 3 is 2.67 bits per heavy atom. The molecule has 1 aromatic heterocycles. The summed E-state index contributed by atoms with van der Waals surface area (Å²) in [5, 5.41) is 8.50. The van der Waals surface area contributed by atoms with Crippen molar-refractivity contribution in [3.63, 3.8) is 0 Å². The van der Waals surface area contributed by atoms with Crippen molar-refractivity contribution in [3.8, 4) is 0 Å². The fourth-order valence-corrected chi connectivity index (χ4v) is 2.81. The number of rotatable bonds is 4. The standard InChI is InChI=1S/C14H16ClN3/c1-2-18-13(9-15)16-17-14(18)12-8-11(12)10-6-4-3-5-7-10/h3-7,11-12H,2,8-9H2,1H3. The van der Waals surface area contributed by atoms with E-state index in [1.165, 1.54) is 12.0 Å². The van der Waals surface area contributed by atoms with E-state index in [1.54, 1.807) is 0 Å². The summed E-state index contributed by atoms with van der Waals surface area (Å²) >= 11 is 5.88. The molecule has 94 valence electrons. The molecule has 2 atom stereocenters. The molecule has 18 heavy (non-hydrogen) atoms. The summed E-state index contributed by atoms with van der Waals surface area (Å²) in [5.41, 5.74) is 1.40. The number of nitrogens with zero attached hydrogens (tertiary/aromatic N) is 3. The van der Waals surface area contributed by atoms with E-state index >= 15 is 0 Å². The van der Waals surface area contributed by atoms with Crippen LogP contribution in [0.1, 0.15) is 42.4 Å². The van der Waals surface area contributed by atoms with Crippen molar-refractivity contribution in [3.05, 3.63) is 47.5 Å². The minimum Gasteiger partial charge on any atom is -0.314 e. The van der Waals surface area contributed by atoms with Crippen molar-refractivity contribution in [1.82, 2.24) is 14.8 Å². The fourth-order valence-electron chi connectivity index (χ4n) is 2.62. The first-order valence-corrected chi connectivity index (χ1v) is 6.91. The lowest BCUT2D eigenvalue weighted by Crippen LogP contribution is -2.04. The highest BCUT2D eigenvalue weighted by Crippen LogP contribution is 2.54. The van der Waals surface area contributed by atoms with Crippen LogP contribution in [-0.4, -0.2) is 14.8 Å². The topological polar surface area (TPSA) is 30.7 Å². The summed E-state index contributed by atoms with van der Waals surface area (Å²) < 4.78 is 2.15. The first kappa shape index (κ1) is 11.7. The minimum absolute atomic E-state index is 0.434. The summed E-state index contributed by atoms with van der Waals surface area (Å²) in [6.07, 6.45) is 1.17. The van der Waals surface area contributed by atoms with Crippen LogP contribution in [0.4, 0.5) is 0 Å². The molecule has 3 rings (SSSR count). The van der Waals surface area contributed by atoms with E-state index in [1.807, 2.05) is 0 Å². The van der Waals surface area contributed by atoms with Gasteiger partial charge in [-0.05, 0) is 24.8 Å². The van der Waals surface area contributed by atoms with Gasteiger partial charge in [-0.1, -0.05) is 30.3 Å². The molecule has 0 amide bonds. The summed E-state index contributed by atoms with van der Waals surface area (Å²) in [6.45, 7) is 3.01. The molecule has 3 nitrogen and oxygen atoms in total. The second-order valence-electron chi connectivity index (χ2n) is 4.71. The quantitative estimate of drug-likeness (QED) is 0.791. The van der Waals surface area contributed by atoms with Gasteiger partial charge in [0.05, 0.1) is 5.88 Å². The molecule has 2 aromatic rings. The van der Waals surface area contributed by atoms with Crippen molar-refractivity contribution in [1.29, 1.82) is 0 Å². The molecule has 0 radical (unpaired) electrons. The van der Waals surface area contributed by atoms with Crippen molar-refractivity contribution in [2.45, 2.75) is 37.6 Å². The van der Waals surface area contributed by atoms with Gasteiger partial charge in [0.2, 0.25) is 0 Å². The third kappa shape index (κ3) is 1.93. The van der Waals surface area contributed by atoms with E-state index in [9.17, 15) is 0 Å². The Bertz CT molecular complexity index is 535. The molecule has 0 N–H and O–H groups in total. The van der Waals surface area contributed by atoms with Gasteiger partial charge < -0.3 is 4.57 Å². The lowest BCUT2D eigenvalue weighted by atomic mass is 10.1. The van der Waals surface area contributed by atoms with Crippen LogP contribution in [0.25, 0.3) is 0 Å². The van der Waals surface area contributed by atoms with Crippen LogP contribution in [0.5, 0.6) is 0 Å². The number of hydrogen-bond donors (Lipinski definition) is 0. The molecule has 1 saturated carbocycles. The normalized spacial score (nSPS) is 22.1. The Kier molecular flexibility index (Phi) is 3.08. The highest BCUT2D eigenvalue weighted by atomic mass is 35.5. The van der Waals surface area contributed by atoms with Crippen LogP contribution >= 0.6 is 11.6 Å². The first-order valence-electron chi connectivity index (χ1n) is 6.38. The molecule has 0 saturated heterocycles. The molecule has 1 heterocycles. The molecule has 1 aromatic carbocycles. The maximum absolute atomic E-state index is 5.88. The van der Waals surface area contributed by atoms with Crippen LogP contribution in [-0.2, 0) is 12.4 Å². The predicted octanol–water partition coefficient (Wildman–Crippen LogP) is 3.31. The van der Waals surface area contributed by atoms with Gasteiger partial charge in [-0.2, -0.15) is 0 Å². The predicted molar refractivity (Wildman–Crippen MR) is 71.8 cm³/mol. The molecule has 4 heteroatoms. The maximum atomic E-state index is 5.88. The highest BCUT2D eigenvalue weighted by molar-refractivity contribution is 6.16. The van der Waals surface area contributed by atoms with Gasteiger partial charge in [-0.25, -0.2) is 0 Å². The van der Waals surface area contributed by atoms with Crippen LogP contribution < -0.4 is 0 Å². The second-order valence-corrected chi connectivity index (χ2v) is 4.98. The molecular weight excluding hydrogens is 246 g/mol. The van der Waals surface area contributed by atoms with Gasteiger partial charge in [0, 0.05) is 12.5 Å². The molecule has 1 aliphatic rings. The van der Waals surface area contributed by atoms with E-state index < -0.39 is 0 Å². The van der Waals surface area contributed by atoms with Gasteiger partial charge >= 0.3 is 0 Å². The average Bonchev–Trinajstić information content (AvgIpc) is 3.12. The third-order valence-corrected chi connectivity index (χ3v) is 3.88. The monoisotopic (exact) mass is 261 g/mol. The Morgan fingerprint density at radius 1 is 1.22 bits per heavy atom. The number of benzene rings is 1. The van der Waals surface area contributed by atoms with Crippen LogP contribution in [0.3, 0.4) is 0 Å². The van der Waals surface area contributed by atoms with Crippen molar-refractivity contribution in [2.75, 3.05) is 0 Å². The molecule has 2 unspecified atom stereocenters. The van der Waals surface area contributed by atoms with Gasteiger partial charge in [0.15, 0.2) is 0 Å². The van der Waals surface area contributed by atoms with E-state index in [-0.39, 0.29) is 0 Å². The van der Waals surface area contributed by atoms with E-state index in [4.69, 9.17) is 11.6 Å². The average molecular weight is 262 g/mol. The van der Waals surface area contributed by atoms with Gasteiger partial charge in [-0.15, -0.1) is 21.8 Å².